The number of para-hydroxylation sites is 2. The van der Waals surface area contributed by atoms with Crippen molar-refractivity contribution in [2.75, 3.05) is 32.3 Å². The molecule has 37 heavy (non-hydrogen) atoms. The summed E-state index contributed by atoms with van der Waals surface area (Å²) in [4.78, 5) is 34.1. The average molecular weight is 500 g/mol. The molecule has 5 rings (SSSR count). The van der Waals surface area contributed by atoms with Crippen molar-refractivity contribution >= 4 is 28.9 Å². The lowest BCUT2D eigenvalue weighted by atomic mass is 9.88. The number of amides is 1. The molecule has 8 heteroatoms. The second-order valence-corrected chi connectivity index (χ2v) is 8.78. The Morgan fingerprint density at radius 2 is 1.73 bits per heavy atom. The maximum atomic E-state index is 14.1. The number of carbonyl (C=O) groups is 2. The number of aromatic nitrogens is 2. The van der Waals surface area contributed by atoms with Crippen molar-refractivity contribution in [2.24, 2.45) is 5.92 Å². The molecule has 0 saturated carbocycles. The zero-order valence-corrected chi connectivity index (χ0v) is 21.1. The van der Waals surface area contributed by atoms with E-state index in [0.29, 0.717) is 36.0 Å². The van der Waals surface area contributed by atoms with Gasteiger partial charge in [0.1, 0.15) is 11.5 Å². The SMILES string of the molecule is CCOC(=O)[C@@H]1C(=O)N(CCc2ccccc2)c2nc3ccccc3n2[C@H]1c1cc(OC)ccc1OC. The highest BCUT2D eigenvalue weighted by Crippen LogP contribution is 2.44. The van der Waals surface area contributed by atoms with Crippen LogP contribution in [0.5, 0.6) is 11.5 Å². The molecule has 2 heterocycles. The van der Waals surface area contributed by atoms with Crippen LogP contribution in [-0.4, -0.2) is 48.8 Å². The third-order valence-corrected chi connectivity index (χ3v) is 6.71. The zero-order valence-electron chi connectivity index (χ0n) is 21.1. The van der Waals surface area contributed by atoms with E-state index in [2.05, 4.69) is 0 Å². The predicted octanol–water partition coefficient (Wildman–Crippen LogP) is 4.41. The number of imidazole rings is 1. The van der Waals surface area contributed by atoms with E-state index in [-0.39, 0.29) is 12.5 Å². The first-order valence-electron chi connectivity index (χ1n) is 12.3. The lowest BCUT2D eigenvalue weighted by Crippen LogP contribution is -2.50. The fourth-order valence-electron chi connectivity index (χ4n) is 4.99. The maximum Gasteiger partial charge on any atom is 0.321 e. The average Bonchev–Trinajstić information content (AvgIpc) is 3.31. The predicted molar refractivity (Wildman–Crippen MR) is 140 cm³/mol. The highest BCUT2D eigenvalue weighted by Gasteiger charge is 2.48. The summed E-state index contributed by atoms with van der Waals surface area (Å²) in [5.41, 5.74) is 3.26. The summed E-state index contributed by atoms with van der Waals surface area (Å²) in [6.45, 7) is 2.26. The number of methoxy groups -OCH3 is 2. The number of nitrogens with zero attached hydrogens (tertiary/aromatic N) is 3. The number of hydrogen-bond donors (Lipinski definition) is 0. The van der Waals surface area contributed by atoms with Crippen LogP contribution in [0.4, 0.5) is 5.95 Å². The van der Waals surface area contributed by atoms with Gasteiger partial charge < -0.3 is 18.8 Å². The van der Waals surface area contributed by atoms with Gasteiger partial charge in [-0.05, 0) is 49.2 Å². The van der Waals surface area contributed by atoms with Gasteiger partial charge >= 0.3 is 5.97 Å². The number of benzene rings is 3. The van der Waals surface area contributed by atoms with E-state index < -0.39 is 17.9 Å². The third kappa shape index (κ3) is 4.39. The molecule has 1 aliphatic heterocycles. The molecule has 0 aliphatic carbocycles. The van der Waals surface area contributed by atoms with Crippen molar-refractivity contribution < 1.29 is 23.8 Å². The zero-order chi connectivity index (χ0) is 25.9. The van der Waals surface area contributed by atoms with Crippen LogP contribution in [0.25, 0.3) is 11.0 Å². The standard InChI is InChI=1S/C29H29N3O5/c1-4-37-28(34)25-26(21-18-20(35-2)14-15-24(21)36-3)32-23-13-9-8-12-22(23)30-29(32)31(27(25)33)17-16-19-10-6-5-7-11-19/h5-15,18,25-26H,4,16-17H2,1-3H3/t25-,26-/m0/s1. The monoisotopic (exact) mass is 499 g/mol. The first-order valence-corrected chi connectivity index (χ1v) is 12.3. The van der Waals surface area contributed by atoms with Crippen molar-refractivity contribution in [3.05, 3.63) is 83.9 Å². The van der Waals surface area contributed by atoms with E-state index in [1.54, 1.807) is 44.2 Å². The van der Waals surface area contributed by atoms with Crippen LogP contribution in [0.3, 0.4) is 0 Å². The van der Waals surface area contributed by atoms with Crippen LogP contribution in [0.2, 0.25) is 0 Å². The molecular formula is C29H29N3O5. The summed E-state index contributed by atoms with van der Waals surface area (Å²) in [6, 6.07) is 22.2. The van der Waals surface area contributed by atoms with Gasteiger partial charge in [-0.25, -0.2) is 4.98 Å². The van der Waals surface area contributed by atoms with E-state index in [0.717, 1.165) is 16.6 Å². The molecule has 1 aromatic heterocycles. The van der Waals surface area contributed by atoms with E-state index in [1.165, 1.54) is 0 Å². The number of rotatable bonds is 8. The Morgan fingerprint density at radius 3 is 2.46 bits per heavy atom. The van der Waals surface area contributed by atoms with Crippen LogP contribution in [0.1, 0.15) is 24.1 Å². The summed E-state index contributed by atoms with van der Waals surface area (Å²) < 4.78 is 18.6. The third-order valence-electron chi connectivity index (χ3n) is 6.71. The summed E-state index contributed by atoms with van der Waals surface area (Å²) in [5, 5.41) is 0. The minimum atomic E-state index is -1.14. The number of fused-ring (bicyclic) bond motifs is 3. The quantitative estimate of drug-likeness (QED) is 0.264. The Balaban J connectivity index is 1.73. The molecule has 2 atom stereocenters. The number of esters is 1. The minimum absolute atomic E-state index is 0.159. The van der Waals surface area contributed by atoms with Crippen LogP contribution in [0, 0.1) is 5.92 Å². The fraction of sp³-hybridized carbons (Fsp3) is 0.276. The van der Waals surface area contributed by atoms with Crippen molar-refractivity contribution in [3.63, 3.8) is 0 Å². The van der Waals surface area contributed by atoms with E-state index >= 15 is 0 Å². The summed E-state index contributed by atoms with van der Waals surface area (Å²) in [5.74, 6) is -0.473. The lowest BCUT2D eigenvalue weighted by molar-refractivity contribution is -0.153. The van der Waals surface area contributed by atoms with Gasteiger partial charge in [0.05, 0.1) is 37.9 Å². The van der Waals surface area contributed by atoms with Crippen molar-refractivity contribution in [2.45, 2.75) is 19.4 Å². The van der Waals surface area contributed by atoms with Crippen molar-refractivity contribution in [1.82, 2.24) is 9.55 Å². The maximum absolute atomic E-state index is 14.1. The van der Waals surface area contributed by atoms with Gasteiger partial charge in [-0.3, -0.25) is 14.5 Å². The van der Waals surface area contributed by atoms with Crippen LogP contribution in [-0.2, 0) is 20.7 Å². The number of anilines is 1. The summed E-state index contributed by atoms with van der Waals surface area (Å²) in [7, 11) is 3.14. The van der Waals surface area contributed by atoms with E-state index in [9.17, 15) is 9.59 Å². The fourth-order valence-corrected chi connectivity index (χ4v) is 4.99. The molecule has 190 valence electrons. The Morgan fingerprint density at radius 1 is 0.973 bits per heavy atom. The molecule has 4 aromatic rings. The molecule has 0 N–H and O–H groups in total. The molecule has 0 spiro atoms. The second kappa shape index (κ2) is 10.3. The number of carbonyl (C=O) groups excluding carboxylic acids is 2. The molecular weight excluding hydrogens is 470 g/mol. The van der Waals surface area contributed by atoms with Gasteiger partial charge in [-0.2, -0.15) is 0 Å². The Bertz CT molecular complexity index is 1430. The van der Waals surface area contributed by atoms with Gasteiger partial charge in [-0.15, -0.1) is 0 Å². The largest absolute Gasteiger partial charge is 0.497 e. The first kappa shape index (κ1) is 24.4. The van der Waals surface area contributed by atoms with Crippen LogP contribution >= 0.6 is 0 Å². The summed E-state index contributed by atoms with van der Waals surface area (Å²) in [6.07, 6.45) is 0.610. The lowest BCUT2D eigenvalue weighted by Gasteiger charge is -2.38. The molecule has 0 unspecified atom stereocenters. The Labute approximate surface area is 215 Å². The summed E-state index contributed by atoms with van der Waals surface area (Å²) >= 11 is 0. The van der Waals surface area contributed by atoms with Gasteiger partial charge in [0.2, 0.25) is 11.9 Å². The molecule has 1 aliphatic rings. The number of hydrogen-bond acceptors (Lipinski definition) is 6. The van der Waals surface area contributed by atoms with Gasteiger partial charge in [0.25, 0.3) is 0 Å². The molecule has 0 radical (unpaired) electrons. The van der Waals surface area contributed by atoms with E-state index in [1.807, 2.05) is 59.2 Å². The molecule has 0 fully saturated rings. The highest BCUT2D eigenvalue weighted by molar-refractivity contribution is 6.08. The molecule has 0 saturated heterocycles. The van der Waals surface area contributed by atoms with Crippen molar-refractivity contribution in [3.8, 4) is 11.5 Å². The Hall–Kier alpha value is -4.33. The normalized spacial score (nSPS) is 16.9. The Kier molecular flexibility index (Phi) is 6.81. The molecule has 8 nitrogen and oxygen atoms in total. The van der Waals surface area contributed by atoms with Gasteiger partial charge in [-0.1, -0.05) is 42.5 Å². The smallest absolute Gasteiger partial charge is 0.321 e. The van der Waals surface area contributed by atoms with Gasteiger partial charge in [0.15, 0.2) is 5.92 Å². The first-order chi connectivity index (χ1) is 18.1. The second-order valence-electron chi connectivity index (χ2n) is 8.78. The van der Waals surface area contributed by atoms with Crippen LogP contribution < -0.4 is 14.4 Å². The highest BCUT2D eigenvalue weighted by atomic mass is 16.5. The van der Waals surface area contributed by atoms with Crippen LogP contribution in [0.15, 0.2) is 72.8 Å². The molecule has 3 aromatic carbocycles. The molecule has 0 bridgehead atoms. The van der Waals surface area contributed by atoms with Gasteiger partial charge in [0, 0.05) is 12.1 Å². The van der Waals surface area contributed by atoms with Crippen molar-refractivity contribution in [1.29, 1.82) is 0 Å². The molecule has 1 amide bonds. The van der Waals surface area contributed by atoms with E-state index in [4.69, 9.17) is 19.2 Å². The topological polar surface area (TPSA) is 82.9 Å². The minimum Gasteiger partial charge on any atom is -0.497 e. The number of ether oxygens (including phenoxy) is 3.